The van der Waals surface area contributed by atoms with E-state index < -0.39 is 257 Å². The summed E-state index contributed by atoms with van der Waals surface area (Å²) in [5.41, 5.74) is -2.64. The molecule has 576 valence electrons. The number of hydrogen-bond acceptors (Lipinski definition) is 33. The molecule has 0 amide bonds. The van der Waals surface area contributed by atoms with Gasteiger partial charge in [-0.25, -0.2) is 0 Å². The van der Waals surface area contributed by atoms with Crippen molar-refractivity contribution in [3.8, 4) is 0 Å². The van der Waals surface area contributed by atoms with Gasteiger partial charge in [0.1, 0.15) is 151 Å². The van der Waals surface area contributed by atoms with Gasteiger partial charge in [-0.05, 0) is 92.3 Å². The molecular formula is C67H110O33. The number of aliphatic hydroxyl groups is 17. The van der Waals surface area contributed by atoms with Gasteiger partial charge in [-0.15, -0.1) is 0 Å². The van der Waals surface area contributed by atoms with E-state index in [-0.39, 0.29) is 23.7 Å². The number of allylic oxidation sites excluding steroid dienone is 1. The van der Waals surface area contributed by atoms with Crippen LogP contribution in [0.5, 0.6) is 0 Å². The van der Waals surface area contributed by atoms with E-state index in [4.69, 9.17) is 71.1 Å². The number of carbonyl (C=O) groups excluding carboxylic acids is 1. The summed E-state index contributed by atoms with van der Waals surface area (Å²) in [5, 5.41) is 191. The largest absolute Gasteiger partial charge is 0.459 e. The molecule has 0 aromatic rings. The average molecular weight is 1440 g/mol. The fourth-order valence-electron chi connectivity index (χ4n) is 19.4. The minimum absolute atomic E-state index is 0.0553. The van der Waals surface area contributed by atoms with Crippen LogP contribution in [-0.2, 0) is 75.8 Å². The molecule has 3 saturated carbocycles. The maximum Gasteiger partial charge on any atom is 0.316 e. The summed E-state index contributed by atoms with van der Waals surface area (Å²) in [5.74, 6) is -0.208. The third-order valence-corrected chi connectivity index (χ3v) is 24.9. The van der Waals surface area contributed by atoms with Crippen molar-refractivity contribution < 1.29 is 163 Å². The van der Waals surface area contributed by atoms with Crippen molar-refractivity contribution in [1.29, 1.82) is 0 Å². The van der Waals surface area contributed by atoms with Crippen molar-refractivity contribution in [2.45, 2.75) is 302 Å². The first-order chi connectivity index (χ1) is 47.3. The topological polar surface area (TPSA) is 499 Å². The molecule has 1 spiro atoms. The number of carbonyl (C=O) groups is 1. The van der Waals surface area contributed by atoms with Crippen molar-refractivity contribution >= 4 is 5.97 Å². The number of hydrogen-bond donors (Lipinski definition) is 17. The smallest absolute Gasteiger partial charge is 0.316 e. The monoisotopic (exact) mass is 1440 g/mol. The van der Waals surface area contributed by atoms with Gasteiger partial charge in [0.2, 0.25) is 0 Å². The van der Waals surface area contributed by atoms with E-state index >= 15 is 0 Å². The number of methoxy groups -OCH3 is 2. The maximum atomic E-state index is 14.6. The number of ether oxygens (including phenoxy) is 15. The second-order valence-electron chi connectivity index (χ2n) is 31.2. The van der Waals surface area contributed by atoms with Crippen LogP contribution in [0.15, 0.2) is 11.6 Å². The third-order valence-electron chi connectivity index (χ3n) is 24.9. The number of cyclic esters (lactones) is 1. The Morgan fingerprint density at radius 2 is 0.940 bits per heavy atom. The normalized spacial score (nSPS) is 52.5. The van der Waals surface area contributed by atoms with Gasteiger partial charge in [-0.1, -0.05) is 59.6 Å². The van der Waals surface area contributed by atoms with Crippen molar-refractivity contribution in [1.82, 2.24) is 0 Å². The Kier molecular flexibility index (Phi) is 24.4. The first-order valence-electron chi connectivity index (χ1n) is 35.3. The van der Waals surface area contributed by atoms with Gasteiger partial charge < -0.3 is 158 Å². The molecule has 0 bridgehead atoms. The lowest BCUT2D eigenvalue weighted by atomic mass is 9.40. The van der Waals surface area contributed by atoms with Gasteiger partial charge in [0.25, 0.3) is 0 Å². The van der Waals surface area contributed by atoms with Crippen LogP contribution < -0.4 is 0 Å². The molecule has 33 heteroatoms. The quantitative estimate of drug-likeness (QED) is 0.0259. The van der Waals surface area contributed by atoms with Crippen LogP contribution in [-0.4, -0.2) is 343 Å². The Bertz CT molecular complexity index is 2750. The molecule has 10 fully saturated rings. The summed E-state index contributed by atoms with van der Waals surface area (Å²) < 4.78 is 89.8. The van der Waals surface area contributed by atoms with Gasteiger partial charge in [-0.3, -0.25) is 4.79 Å². The molecule has 0 aromatic heterocycles. The van der Waals surface area contributed by atoms with Gasteiger partial charge in [-0.2, -0.15) is 0 Å². The summed E-state index contributed by atoms with van der Waals surface area (Å²) >= 11 is 0. The van der Waals surface area contributed by atoms with Crippen LogP contribution in [0.4, 0.5) is 0 Å². The van der Waals surface area contributed by atoms with E-state index in [1.807, 2.05) is 13.0 Å². The van der Waals surface area contributed by atoms with E-state index in [2.05, 4.69) is 41.5 Å². The zero-order chi connectivity index (χ0) is 72.8. The van der Waals surface area contributed by atoms with E-state index in [1.54, 1.807) is 0 Å². The maximum absolute atomic E-state index is 14.6. The second-order valence-corrected chi connectivity index (χ2v) is 31.2. The fraction of sp³-hybridized carbons (Fsp3) is 0.955. The SMILES string of the molecule is CO[C@@H]1[C@@H](O)[C@H](O[C@@H]2[C@@H](O)[C@H](O[C@H]3[C@H](O)[C@@H](O)[C@H](O[C@H]4[C@H](O[C@H]5CC[C@]6(C)C7=C[C@H](O)[C@]89C(=O)O[C@@](C)(CCCC(C)C)[C@H]8CC[C@@]9(C)[C@@H]7CC[C@H]6C5(C)C)OC[C@@H](O[C@@H]5O[C@H](CO)[C@@H](O)[C@H](O[C@@H]6O[C@H](CO)[C@@H](O)[C@H](OC)[C@H]6O)[C@H]5O)[C@@H]4O)O[C@@H]3CO)O[C@H](CO)[C@H]2O)O[C@H](CO)[C@H]1O. The minimum atomic E-state index is -2.19. The van der Waals surface area contributed by atoms with Gasteiger partial charge in [0.05, 0.1) is 51.8 Å². The Morgan fingerprint density at radius 3 is 1.44 bits per heavy atom. The number of aliphatic hydroxyl groups excluding tert-OH is 17. The minimum Gasteiger partial charge on any atom is -0.459 e. The van der Waals surface area contributed by atoms with E-state index in [9.17, 15) is 91.6 Å². The molecule has 11 rings (SSSR count). The zero-order valence-electron chi connectivity index (χ0n) is 58.0. The number of fused-ring (bicyclic) bond motifs is 4. The molecule has 4 aliphatic carbocycles. The highest BCUT2D eigenvalue weighted by Crippen LogP contribution is 2.76. The van der Waals surface area contributed by atoms with Crippen LogP contribution in [0.1, 0.15) is 106 Å². The van der Waals surface area contributed by atoms with Crippen LogP contribution in [0.3, 0.4) is 0 Å². The summed E-state index contributed by atoms with van der Waals surface area (Å²) in [6, 6.07) is 0. The van der Waals surface area contributed by atoms with Gasteiger partial charge in [0, 0.05) is 20.1 Å². The molecule has 0 aromatic carbocycles. The Labute approximate surface area is 579 Å². The van der Waals surface area contributed by atoms with Crippen LogP contribution in [0, 0.1) is 45.3 Å². The second kappa shape index (κ2) is 30.9. The van der Waals surface area contributed by atoms with E-state index in [1.165, 1.54) is 7.11 Å². The van der Waals surface area contributed by atoms with Crippen molar-refractivity contribution in [2.75, 3.05) is 53.9 Å². The van der Waals surface area contributed by atoms with Gasteiger partial charge >= 0.3 is 5.97 Å². The number of esters is 1. The highest BCUT2D eigenvalue weighted by Gasteiger charge is 2.79. The molecule has 0 unspecified atom stereocenters. The lowest BCUT2D eigenvalue weighted by Crippen LogP contribution is -2.68. The highest BCUT2D eigenvalue weighted by atomic mass is 16.8. The molecule has 17 N–H and O–H groups in total. The van der Waals surface area contributed by atoms with E-state index in [0.29, 0.717) is 38.0 Å². The Morgan fingerprint density at radius 1 is 0.480 bits per heavy atom. The molecule has 100 heavy (non-hydrogen) atoms. The lowest BCUT2D eigenvalue weighted by Gasteiger charge is -2.64. The molecular weight excluding hydrogens is 1330 g/mol. The average Bonchev–Trinajstić information content (AvgIpc) is 1.47. The van der Waals surface area contributed by atoms with Crippen molar-refractivity contribution in [3.63, 3.8) is 0 Å². The summed E-state index contributed by atoms with van der Waals surface area (Å²) in [6.45, 7) is 9.93. The number of rotatable bonds is 23. The first-order valence-corrected chi connectivity index (χ1v) is 35.3. The van der Waals surface area contributed by atoms with Crippen molar-refractivity contribution in [3.05, 3.63) is 11.6 Å². The predicted molar refractivity (Wildman–Crippen MR) is 333 cm³/mol. The highest BCUT2D eigenvalue weighted by molar-refractivity contribution is 5.84. The fourth-order valence-corrected chi connectivity index (χ4v) is 19.4. The third kappa shape index (κ3) is 13.5. The first kappa shape index (κ1) is 79.0. The summed E-state index contributed by atoms with van der Waals surface area (Å²) in [4.78, 5) is 14.6. The van der Waals surface area contributed by atoms with Gasteiger partial charge in [0.15, 0.2) is 37.7 Å². The molecule has 7 heterocycles. The van der Waals surface area contributed by atoms with E-state index in [0.717, 1.165) is 38.4 Å². The summed E-state index contributed by atoms with van der Waals surface area (Å²) in [6.07, 6.45) is -44.7. The molecule has 0 radical (unpaired) electrons. The van der Waals surface area contributed by atoms with Crippen LogP contribution in [0.25, 0.3) is 0 Å². The van der Waals surface area contributed by atoms with Crippen molar-refractivity contribution in [2.24, 2.45) is 45.3 Å². The summed E-state index contributed by atoms with van der Waals surface area (Å²) in [7, 11) is 2.34. The molecule has 38 atom stereocenters. The van der Waals surface area contributed by atoms with Crippen LogP contribution >= 0.6 is 0 Å². The Hall–Kier alpha value is -2.03. The predicted octanol–water partition coefficient (Wildman–Crippen LogP) is -5.06. The molecule has 33 nitrogen and oxygen atoms in total. The zero-order valence-corrected chi connectivity index (χ0v) is 58.0. The standard InChI is InChI=1S/C67H110O33/c1-26(2)11-10-16-66(7)36-14-18-65(6)27-12-13-35-63(3,4)38(15-17-64(35,5)28(27)19-37(73)67(36,65)62(85)100-66)95-61-55(43(78)34(25-88-61)94-57-48(83)53(41(76)31(22-70)89-57)97-58-46(81)51(86-8)39(74)29(20-68)90-58)99-56-45(80)44(79)50(33(24-72)93-56)96-60-49(84)54(42(77)32(23-71)92-60)98-59-47(82)52(87-9)40(75)30(21-69)91-59/h19,26-27,29-61,68-84H,10-18,20-25H2,1-9H3/t27-,29-,30-,31-,32-,33-,34-,35+,36-,37+,38+,39-,40-,41-,42-,43+,44-,45-,46-,47-,48-,49-,50-,51+,52+,53+,54+,55-,56+,57+,58+,59+,60+,61+,64-,65+,66+,67+/m1/s1. The lowest BCUT2D eigenvalue weighted by molar-refractivity contribution is -0.399. The van der Waals surface area contributed by atoms with Crippen LogP contribution in [0.2, 0.25) is 0 Å². The molecule has 11 aliphatic rings. The molecule has 7 aliphatic heterocycles. The molecule has 7 saturated heterocycles. The Balaban J connectivity index is 0.847.